The quantitative estimate of drug-likeness (QED) is 0.385. The summed E-state index contributed by atoms with van der Waals surface area (Å²) in [5.74, 6) is 4.57. The average Bonchev–Trinajstić information content (AvgIpc) is 3.18. The highest BCUT2D eigenvalue weighted by atomic mass is 16.6. The Bertz CT molecular complexity index is 764. The summed E-state index contributed by atoms with van der Waals surface area (Å²) in [6.45, 7) is 23.3. The number of hydrogen-bond donors (Lipinski definition) is 1. The summed E-state index contributed by atoms with van der Waals surface area (Å²) >= 11 is 0. The van der Waals surface area contributed by atoms with Gasteiger partial charge in [-0.05, 0) is 99.9 Å². The van der Waals surface area contributed by atoms with E-state index in [-0.39, 0.29) is 6.09 Å². The topological polar surface area (TPSA) is 47.6 Å². The van der Waals surface area contributed by atoms with E-state index in [0.717, 1.165) is 30.6 Å². The van der Waals surface area contributed by atoms with E-state index in [1.54, 1.807) is 0 Å². The molecule has 7 atom stereocenters. The number of allylic oxidation sites excluding steroid dienone is 1. The van der Waals surface area contributed by atoms with Crippen molar-refractivity contribution in [1.82, 2.24) is 5.32 Å². The van der Waals surface area contributed by atoms with E-state index in [1.165, 1.54) is 43.4 Å². The van der Waals surface area contributed by atoms with E-state index >= 15 is 0 Å². The summed E-state index contributed by atoms with van der Waals surface area (Å²) < 4.78 is 12.0. The average molecular weight is 476 g/mol. The van der Waals surface area contributed by atoms with Crippen LogP contribution in [0.5, 0.6) is 0 Å². The molecule has 0 aromatic heterocycles. The molecule has 2 unspecified atom stereocenters. The fourth-order valence-electron chi connectivity index (χ4n) is 8.06. The van der Waals surface area contributed by atoms with E-state index in [2.05, 4.69) is 53.8 Å². The Hall–Kier alpha value is -1.19. The van der Waals surface area contributed by atoms with E-state index in [0.29, 0.717) is 35.3 Å². The lowest BCUT2D eigenvalue weighted by atomic mass is 9.53. The van der Waals surface area contributed by atoms with Crippen LogP contribution < -0.4 is 5.32 Å². The van der Waals surface area contributed by atoms with Gasteiger partial charge in [0.1, 0.15) is 11.7 Å². The van der Waals surface area contributed by atoms with Crippen LogP contribution >= 0.6 is 0 Å². The fourth-order valence-corrected chi connectivity index (χ4v) is 8.06. The van der Waals surface area contributed by atoms with E-state index in [1.807, 2.05) is 20.8 Å². The van der Waals surface area contributed by atoms with Crippen LogP contribution in [0.4, 0.5) is 4.79 Å². The molecule has 0 spiro atoms. The molecule has 1 aliphatic heterocycles. The molecule has 0 radical (unpaired) electrons. The second-order valence-electron chi connectivity index (χ2n) is 13.9. The van der Waals surface area contributed by atoms with E-state index in [4.69, 9.17) is 9.47 Å². The Morgan fingerprint density at radius 1 is 1.26 bits per heavy atom. The zero-order valence-electron chi connectivity index (χ0n) is 23.8. The van der Waals surface area contributed by atoms with Crippen molar-refractivity contribution in [1.29, 1.82) is 0 Å². The van der Waals surface area contributed by atoms with Crippen LogP contribution in [0.1, 0.15) is 114 Å². The Morgan fingerprint density at radius 2 is 1.94 bits per heavy atom. The van der Waals surface area contributed by atoms with Crippen molar-refractivity contribution in [2.45, 2.75) is 126 Å². The number of carbonyl (C=O) groups is 1. The lowest BCUT2D eigenvalue weighted by molar-refractivity contribution is -0.0229. The van der Waals surface area contributed by atoms with Crippen molar-refractivity contribution in [2.75, 3.05) is 6.54 Å². The van der Waals surface area contributed by atoms with Crippen LogP contribution in [-0.4, -0.2) is 24.3 Å². The van der Waals surface area contributed by atoms with Gasteiger partial charge in [0.25, 0.3) is 0 Å². The molecule has 2 saturated carbocycles. The Kier molecular flexibility index (Phi) is 8.10. The summed E-state index contributed by atoms with van der Waals surface area (Å²) in [6, 6.07) is 0. The molecule has 3 rings (SSSR count). The highest BCUT2D eigenvalue weighted by Crippen LogP contribution is 2.65. The molecule has 34 heavy (non-hydrogen) atoms. The van der Waals surface area contributed by atoms with Gasteiger partial charge in [0.05, 0.1) is 5.76 Å². The number of carbonyl (C=O) groups excluding carboxylic acids is 1. The third-order valence-electron chi connectivity index (χ3n) is 9.63. The molecule has 4 heteroatoms. The Labute approximate surface area is 210 Å². The summed E-state index contributed by atoms with van der Waals surface area (Å²) in [5, 5.41) is 2.92. The monoisotopic (exact) mass is 475 g/mol. The second kappa shape index (κ2) is 10.1. The molecule has 1 heterocycles. The molecule has 3 aliphatic rings. The van der Waals surface area contributed by atoms with Gasteiger partial charge in [-0.15, -0.1) is 0 Å². The molecule has 4 nitrogen and oxygen atoms in total. The Balaban J connectivity index is 1.59. The van der Waals surface area contributed by atoms with Gasteiger partial charge in [-0.2, -0.15) is 0 Å². The minimum Gasteiger partial charge on any atom is -0.494 e. The summed E-state index contributed by atoms with van der Waals surface area (Å²) in [5.41, 5.74) is 1.87. The van der Waals surface area contributed by atoms with Crippen LogP contribution in [0.3, 0.4) is 0 Å². The number of nitrogens with one attached hydrogen (secondary N) is 1. The minimum atomic E-state index is -0.457. The molecule has 1 amide bonds. The van der Waals surface area contributed by atoms with Gasteiger partial charge in [0.2, 0.25) is 0 Å². The van der Waals surface area contributed by atoms with Gasteiger partial charge in [0, 0.05) is 18.9 Å². The number of fused-ring (bicyclic) bond motifs is 3. The van der Waals surface area contributed by atoms with Crippen LogP contribution in [0.25, 0.3) is 0 Å². The fraction of sp³-hybridized carbons (Fsp3) is 0.900. The summed E-state index contributed by atoms with van der Waals surface area (Å²) in [7, 11) is 0. The van der Waals surface area contributed by atoms with E-state index in [9.17, 15) is 4.79 Å². The first kappa shape index (κ1) is 27.4. The van der Waals surface area contributed by atoms with Crippen molar-refractivity contribution >= 4 is 6.09 Å². The summed E-state index contributed by atoms with van der Waals surface area (Å²) in [6.07, 6.45) is 8.57. The molecule has 2 aliphatic carbocycles. The number of alkyl carbamates (subject to hydrolysis) is 1. The third kappa shape index (κ3) is 5.62. The van der Waals surface area contributed by atoms with Crippen molar-refractivity contribution in [3.05, 3.63) is 11.3 Å². The predicted octanol–water partition coefficient (Wildman–Crippen LogP) is 8.12. The first-order valence-corrected chi connectivity index (χ1v) is 14.0. The smallest absolute Gasteiger partial charge is 0.407 e. The Morgan fingerprint density at radius 3 is 2.56 bits per heavy atom. The standard InChI is InChI=1S/C30H53NO3/c1-11-15-29(8,9)22-14-16-30(10)23(20(22)3)17-25-26(30)21(4)24(33-25)13-12-19(2)18-31-27(32)34-28(5,6)7/h19-20,22-23,25-26H,11-18H2,1-10H3,(H,31,32)/t19-,20+,22-,23-,25-,26?,30?/m0/s1. The first-order chi connectivity index (χ1) is 15.7. The second-order valence-corrected chi connectivity index (χ2v) is 13.9. The molecule has 196 valence electrons. The molecule has 0 bridgehead atoms. The lowest BCUT2D eigenvalue weighted by Crippen LogP contribution is -2.45. The number of hydrogen-bond acceptors (Lipinski definition) is 3. The van der Waals surface area contributed by atoms with Crippen LogP contribution in [-0.2, 0) is 9.47 Å². The van der Waals surface area contributed by atoms with Crippen molar-refractivity contribution < 1.29 is 14.3 Å². The maximum atomic E-state index is 12.0. The number of ether oxygens (including phenoxy) is 2. The lowest BCUT2D eigenvalue weighted by Gasteiger charge is -2.52. The molecule has 0 aromatic carbocycles. The molecule has 1 N–H and O–H groups in total. The van der Waals surface area contributed by atoms with Gasteiger partial charge in [-0.25, -0.2) is 4.79 Å². The minimum absolute atomic E-state index is 0.327. The highest BCUT2D eigenvalue weighted by molar-refractivity contribution is 5.67. The zero-order chi connectivity index (χ0) is 25.5. The van der Waals surface area contributed by atoms with Crippen LogP contribution in [0, 0.1) is 40.4 Å². The number of amides is 1. The van der Waals surface area contributed by atoms with Gasteiger partial charge in [-0.1, -0.05) is 48.0 Å². The van der Waals surface area contributed by atoms with Gasteiger partial charge in [0.15, 0.2) is 0 Å². The predicted molar refractivity (Wildman–Crippen MR) is 140 cm³/mol. The van der Waals surface area contributed by atoms with Crippen molar-refractivity contribution in [3.63, 3.8) is 0 Å². The number of rotatable bonds is 8. The maximum absolute atomic E-state index is 12.0. The van der Waals surface area contributed by atoms with Crippen LogP contribution in [0.15, 0.2) is 11.3 Å². The van der Waals surface area contributed by atoms with Crippen molar-refractivity contribution in [2.24, 2.45) is 40.4 Å². The van der Waals surface area contributed by atoms with Gasteiger partial charge < -0.3 is 14.8 Å². The third-order valence-corrected chi connectivity index (χ3v) is 9.63. The molecule has 2 fully saturated rings. The maximum Gasteiger partial charge on any atom is 0.407 e. The van der Waals surface area contributed by atoms with Gasteiger partial charge in [-0.3, -0.25) is 0 Å². The van der Waals surface area contributed by atoms with Crippen LogP contribution in [0.2, 0.25) is 0 Å². The molecule has 0 saturated heterocycles. The molecule has 0 aromatic rings. The SMILES string of the molecule is CCCC(C)(C)[C@H]1CCC2(C)C3C(C)=C(CC[C@H](C)CNC(=O)OC(C)(C)C)O[C@H]3C[C@H]2[C@@H]1C. The molecular weight excluding hydrogens is 422 g/mol. The van der Waals surface area contributed by atoms with Gasteiger partial charge >= 0.3 is 6.09 Å². The highest BCUT2D eigenvalue weighted by Gasteiger charge is 2.61. The van der Waals surface area contributed by atoms with E-state index < -0.39 is 5.60 Å². The zero-order valence-corrected chi connectivity index (χ0v) is 23.8. The van der Waals surface area contributed by atoms with Crippen molar-refractivity contribution in [3.8, 4) is 0 Å². The molecular formula is C30H53NO3. The normalized spacial score (nSPS) is 34.4. The summed E-state index contributed by atoms with van der Waals surface area (Å²) in [4.78, 5) is 12.0. The largest absolute Gasteiger partial charge is 0.494 e. The first-order valence-electron chi connectivity index (χ1n) is 14.0.